The molecule has 0 aliphatic rings. The van der Waals surface area contributed by atoms with Crippen LogP contribution in [0, 0.1) is 5.82 Å². The molecule has 0 aromatic heterocycles. The van der Waals surface area contributed by atoms with Crippen LogP contribution in [0.1, 0.15) is 26.3 Å². The maximum Gasteiger partial charge on any atom is 0.337 e. The first-order chi connectivity index (χ1) is 10.0. The first-order valence-corrected chi connectivity index (χ1v) is 6.14. The molecule has 4 N–H and O–H groups in total. The third-order valence-electron chi connectivity index (χ3n) is 2.89. The quantitative estimate of drug-likeness (QED) is 0.804. The molecule has 2 aromatic rings. The lowest BCUT2D eigenvalue weighted by molar-refractivity contribution is 0.0697. The van der Waals surface area contributed by atoms with Crippen LogP contribution in [0.25, 0.3) is 0 Å². The summed E-state index contributed by atoms with van der Waals surface area (Å²) in [5.74, 6) is -2.49. The maximum absolute atomic E-state index is 13.1. The fraction of sp³-hybridized carbons (Fsp3) is 0.0667. The predicted molar refractivity (Wildman–Crippen MR) is 75.6 cm³/mol. The monoisotopic (exact) mass is 288 g/mol. The Morgan fingerprint density at radius 3 is 2.62 bits per heavy atom. The molecule has 0 aliphatic heterocycles. The summed E-state index contributed by atoms with van der Waals surface area (Å²) in [5, 5.41) is 11.5. The molecule has 0 unspecified atom stereocenters. The van der Waals surface area contributed by atoms with Crippen LogP contribution in [0.2, 0.25) is 0 Å². The van der Waals surface area contributed by atoms with Crippen LogP contribution in [0.3, 0.4) is 0 Å². The zero-order valence-corrected chi connectivity index (χ0v) is 11.0. The second kappa shape index (κ2) is 6.15. The predicted octanol–water partition coefficient (Wildman–Crippen LogP) is 2.23. The number of carboxylic acid groups (broad SMARTS) is 1. The van der Waals surface area contributed by atoms with Gasteiger partial charge in [-0.3, -0.25) is 4.79 Å². The molecule has 108 valence electrons. The largest absolute Gasteiger partial charge is 0.478 e. The number of aromatic carboxylic acids is 1. The molecule has 2 aromatic carbocycles. The van der Waals surface area contributed by atoms with Crippen molar-refractivity contribution < 1.29 is 19.1 Å². The minimum absolute atomic E-state index is 0.0343. The molecule has 0 heterocycles. The van der Waals surface area contributed by atoms with Gasteiger partial charge in [0.05, 0.1) is 11.3 Å². The fourth-order valence-corrected chi connectivity index (χ4v) is 1.84. The number of benzene rings is 2. The fourth-order valence-electron chi connectivity index (χ4n) is 1.84. The van der Waals surface area contributed by atoms with Crippen LogP contribution in [0.4, 0.5) is 10.1 Å². The molecule has 2 rings (SSSR count). The highest BCUT2D eigenvalue weighted by Gasteiger charge is 2.14. The zero-order valence-electron chi connectivity index (χ0n) is 11.0. The van der Waals surface area contributed by atoms with E-state index in [4.69, 9.17) is 10.8 Å². The van der Waals surface area contributed by atoms with E-state index < -0.39 is 17.7 Å². The summed E-state index contributed by atoms with van der Waals surface area (Å²) in [6.45, 7) is 0.290. The molecule has 0 bridgehead atoms. The van der Waals surface area contributed by atoms with Gasteiger partial charge in [0.1, 0.15) is 5.82 Å². The van der Waals surface area contributed by atoms with Gasteiger partial charge in [-0.25, -0.2) is 9.18 Å². The standard InChI is InChI=1S/C15H13FN2O3/c16-11-4-5-13(12(7-11)15(20)21)18-14(19)10-3-1-2-9(6-10)8-17/h1-7H,8,17H2,(H,18,19)(H,20,21). The van der Waals surface area contributed by atoms with Crippen molar-refractivity contribution in [3.63, 3.8) is 0 Å². The maximum atomic E-state index is 13.1. The van der Waals surface area contributed by atoms with Gasteiger partial charge in [0.2, 0.25) is 0 Å². The number of halogens is 1. The molecule has 0 saturated carbocycles. The van der Waals surface area contributed by atoms with E-state index in [2.05, 4.69) is 5.32 Å². The van der Waals surface area contributed by atoms with Gasteiger partial charge in [0, 0.05) is 12.1 Å². The number of carbonyl (C=O) groups is 2. The Bertz CT molecular complexity index is 701. The van der Waals surface area contributed by atoms with Crippen LogP contribution in [-0.4, -0.2) is 17.0 Å². The van der Waals surface area contributed by atoms with Gasteiger partial charge >= 0.3 is 5.97 Å². The lowest BCUT2D eigenvalue weighted by Gasteiger charge is -2.09. The zero-order chi connectivity index (χ0) is 15.4. The molecule has 21 heavy (non-hydrogen) atoms. The first kappa shape index (κ1) is 14.7. The third-order valence-corrected chi connectivity index (χ3v) is 2.89. The van der Waals surface area contributed by atoms with E-state index in [0.29, 0.717) is 5.56 Å². The second-order valence-corrected chi connectivity index (χ2v) is 4.35. The molecule has 0 atom stereocenters. The van der Waals surface area contributed by atoms with Crippen LogP contribution in [0.5, 0.6) is 0 Å². The molecule has 0 saturated heterocycles. The Labute approximate surface area is 120 Å². The number of anilines is 1. The molecule has 5 nitrogen and oxygen atoms in total. The highest BCUT2D eigenvalue weighted by Crippen LogP contribution is 2.18. The Balaban J connectivity index is 2.29. The third kappa shape index (κ3) is 3.43. The Hall–Kier alpha value is -2.73. The van der Waals surface area contributed by atoms with Gasteiger partial charge in [-0.05, 0) is 35.9 Å². The van der Waals surface area contributed by atoms with E-state index >= 15 is 0 Å². The van der Waals surface area contributed by atoms with Crippen LogP contribution < -0.4 is 11.1 Å². The van der Waals surface area contributed by atoms with Crippen molar-refractivity contribution in [2.24, 2.45) is 5.73 Å². The van der Waals surface area contributed by atoms with Crippen molar-refractivity contribution in [1.29, 1.82) is 0 Å². The molecule has 0 radical (unpaired) electrons. The van der Waals surface area contributed by atoms with Crippen molar-refractivity contribution >= 4 is 17.6 Å². The Morgan fingerprint density at radius 1 is 1.19 bits per heavy atom. The number of hydrogen-bond donors (Lipinski definition) is 3. The molecule has 1 amide bonds. The highest BCUT2D eigenvalue weighted by atomic mass is 19.1. The van der Waals surface area contributed by atoms with E-state index in [1.54, 1.807) is 24.3 Å². The van der Waals surface area contributed by atoms with Crippen molar-refractivity contribution in [2.45, 2.75) is 6.54 Å². The normalized spacial score (nSPS) is 10.2. The summed E-state index contributed by atoms with van der Waals surface area (Å²) < 4.78 is 13.1. The van der Waals surface area contributed by atoms with E-state index in [9.17, 15) is 14.0 Å². The minimum atomic E-state index is -1.32. The second-order valence-electron chi connectivity index (χ2n) is 4.35. The van der Waals surface area contributed by atoms with Gasteiger partial charge in [0.15, 0.2) is 0 Å². The minimum Gasteiger partial charge on any atom is -0.478 e. The summed E-state index contributed by atoms with van der Waals surface area (Å²) in [4.78, 5) is 23.2. The number of nitrogens with two attached hydrogens (primary N) is 1. The average molecular weight is 288 g/mol. The first-order valence-electron chi connectivity index (χ1n) is 6.14. The smallest absolute Gasteiger partial charge is 0.337 e. The Kier molecular flexibility index (Phi) is 4.30. The van der Waals surface area contributed by atoms with Gasteiger partial charge in [-0.15, -0.1) is 0 Å². The summed E-state index contributed by atoms with van der Waals surface area (Å²) in [6.07, 6.45) is 0. The summed E-state index contributed by atoms with van der Waals surface area (Å²) in [5.41, 5.74) is 6.35. The number of carbonyl (C=O) groups excluding carboxylic acids is 1. The van der Waals surface area contributed by atoms with Crippen molar-refractivity contribution in [3.8, 4) is 0 Å². The molecular formula is C15H13FN2O3. The van der Waals surface area contributed by atoms with Crippen molar-refractivity contribution in [2.75, 3.05) is 5.32 Å². The molecule has 0 spiro atoms. The van der Waals surface area contributed by atoms with E-state index in [1.165, 1.54) is 6.07 Å². The number of carboxylic acids is 1. The molecular weight excluding hydrogens is 275 g/mol. The number of hydrogen-bond acceptors (Lipinski definition) is 3. The lowest BCUT2D eigenvalue weighted by atomic mass is 10.1. The van der Waals surface area contributed by atoms with Gasteiger partial charge in [-0.1, -0.05) is 12.1 Å². The van der Waals surface area contributed by atoms with Crippen molar-refractivity contribution in [3.05, 3.63) is 65.0 Å². The van der Waals surface area contributed by atoms with Gasteiger partial charge < -0.3 is 16.2 Å². The van der Waals surface area contributed by atoms with E-state index in [1.807, 2.05) is 0 Å². The van der Waals surface area contributed by atoms with Crippen molar-refractivity contribution in [1.82, 2.24) is 0 Å². The molecule has 0 aliphatic carbocycles. The number of nitrogens with one attached hydrogen (secondary N) is 1. The van der Waals surface area contributed by atoms with Crippen LogP contribution in [0.15, 0.2) is 42.5 Å². The summed E-state index contributed by atoms with van der Waals surface area (Å²) in [7, 11) is 0. The van der Waals surface area contributed by atoms with Gasteiger partial charge in [-0.2, -0.15) is 0 Å². The van der Waals surface area contributed by atoms with E-state index in [0.717, 1.165) is 17.7 Å². The van der Waals surface area contributed by atoms with E-state index in [-0.39, 0.29) is 17.8 Å². The number of amides is 1. The average Bonchev–Trinajstić information content (AvgIpc) is 2.48. The number of rotatable bonds is 4. The topological polar surface area (TPSA) is 92.4 Å². The highest BCUT2D eigenvalue weighted by molar-refractivity contribution is 6.07. The van der Waals surface area contributed by atoms with Gasteiger partial charge in [0.25, 0.3) is 5.91 Å². The van der Waals surface area contributed by atoms with Crippen LogP contribution >= 0.6 is 0 Å². The van der Waals surface area contributed by atoms with Crippen LogP contribution in [-0.2, 0) is 6.54 Å². The molecule has 0 fully saturated rings. The molecule has 6 heteroatoms. The Morgan fingerprint density at radius 2 is 1.95 bits per heavy atom. The summed E-state index contributed by atoms with van der Waals surface area (Å²) >= 11 is 0. The lowest BCUT2D eigenvalue weighted by Crippen LogP contribution is -2.15. The summed E-state index contributed by atoms with van der Waals surface area (Å²) in [6, 6.07) is 9.80. The SMILES string of the molecule is NCc1cccc(C(=O)Nc2ccc(F)cc2C(=O)O)c1.